The molecule has 2 N–H and O–H groups in total. The molecule has 5 heteroatoms. The Kier molecular flexibility index (Phi) is 5.00. The van der Waals surface area contributed by atoms with Gasteiger partial charge < -0.3 is 10.4 Å². The molecule has 0 aromatic heterocycles. The molecule has 0 aliphatic heterocycles. The molecule has 0 radical (unpaired) electrons. The maximum Gasteiger partial charge on any atom is 0.224 e. The number of carbonyl (C=O) groups excluding carboxylic acids is 1. The highest BCUT2D eigenvalue weighted by atomic mass is 19.2. The minimum atomic E-state index is -0.986. The smallest absolute Gasteiger partial charge is 0.224 e. The predicted molar refractivity (Wildman–Crippen MR) is 74.3 cm³/mol. The van der Waals surface area contributed by atoms with Crippen molar-refractivity contribution in [2.75, 3.05) is 0 Å². The number of amides is 1. The third-order valence-electron chi connectivity index (χ3n) is 3.08. The van der Waals surface area contributed by atoms with Gasteiger partial charge in [0.25, 0.3) is 0 Å². The third-order valence-corrected chi connectivity index (χ3v) is 3.08. The summed E-state index contributed by atoms with van der Waals surface area (Å²) in [5.41, 5.74) is 1.68. The monoisotopic (exact) mass is 291 g/mol. The van der Waals surface area contributed by atoms with Crippen LogP contribution in [0.5, 0.6) is 0 Å². The van der Waals surface area contributed by atoms with Crippen LogP contribution in [0.4, 0.5) is 8.78 Å². The van der Waals surface area contributed by atoms with Crippen molar-refractivity contribution >= 4 is 5.91 Å². The Hall–Kier alpha value is -2.27. The summed E-state index contributed by atoms with van der Waals surface area (Å²) in [4.78, 5) is 11.7. The van der Waals surface area contributed by atoms with Crippen molar-refractivity contribution in [1.29, 1.82) is 0 Å². The van der Waals surface area contributed by atoms with Crippen LogP contribution in [0, 0.1) is 11.6 Å². The van der Waals surface area contributed by atoms with E-state index in [0.717, 1.165) is 17.2 Å². The van der Waals surface area contributed by atoms with Crippen molar-refractivity contribution < 1.29 is 18.7 Å². The Morgan fingerprint density at radius 1 is 1.05 bits per heavy atom. The number of aliphatic hydroxyl groups is 1. The minimum absolute atomic E-state index is 0.0307. The van der Waals surface area contributed by atoms with E-state index in [0.29, 0.717) is 6.54 Å². The van der Waals surface area contributed by atoms with Crippen molar-refractivity contribution in [2.45, 2.75) is 19.6 Å². The fraction of sp³-hybridized carbons (Fsp3) is 0.188. The Morgan fingerprint density at radius 2 is 1.71 bits per heavy atom. The Balaban J connectivity index is 1.91. The summed E-state index contributed by atoms with van der Waals surface area (Å²) in [6.45, 7) is 0.257. The van der Waals surface area contributed by atoms with Gasteiger partial charge in [0.15, 0.2) is 11.6 Å². The number of hydrogen-bond donors (Lipinski definition) is 2. The zero-order valence-corrected chi connectivity index (χ0v) is 11.3. The number of hydrogen-bond acceptors (Lipinski definition) is 2. The molecular weight excluding hydrogens is 276 g/mol. The van der Waals surface area contributed by atoms with Crippen LogP contribution in [0.15, 0.2) is 42.5 Å². The molecule has 2 aromatic rings. The predicted octanol–water partition coefficient (Wildman–Crippen LogP) is 2.32. The lowest BCUT2D eigenvalue weighted by Crippen LogP contribution is -2.25. The van der Waals surface area contributed by atoms with Crippen molar-refractivity contribution in [1.82, 2.24) is 5.32 Å². The van der Waals surface area contributed by atoms with Crippen molar-refractivity contribution in [2.24, 2.45) is 0 Å². The molecule has 110 valence electrons. The summed E-state index contributed by atoms with van der Waals surface area (Å²) in [6, 6.07) is 10.9. The largest absolute Gasteiger partial charge is 0.392 e. The Morgan fingerprint density at radius 3 is 2.38 bits per heavy atom. The second-order valence-electron chi connectivity index (χ2n) is 4.64. The van der Waals surface area contributed by atoms with E-state index in [-0.39, 0.29) is 24.5 Å². The second kappa shape index (κ2) is 6.95. The molecule has 0 bridgehead atoms. The van der Waals surface area contributed by atoms with Crippen LogP contribution in [0.1, 0.15) is 16.7 Å². The molecule has 0 heterocycles. The topological polar surface area (TPSA) is 49.3 Å². The molecule has 3 nitrogen and oxygen atoms in total. The molecule has 1 amide bonds. The van der Waals surface area contributed by atoms with Gasteiger partial charge in [0.2, 0.25) is 5.91 Å². The number of nitrogens with one attached hydrogen (secondary N) is 1. The molecule has 0 saturated heterocycles. The van der Waals surface area contributed by atoms with Gasteiger partial charge in [0, 0.05) is 12.1 Å². The van der Waals surface area contributed by atoms with E-state index in [9.17, 15) is 13.6 Å². The van der Waals surface area contributed by atoms with E-state index in [1.54, 1.807) is 24.3 Å². The molecule has 2 aromatic carbocycles. The normalized spacial score (nSPS) is 10.4. The zero-order chi connectivity index (χ0) is 15.2. The van der Waals surface area contributed by atoms with E-state index in [4.69, 9.17) is 5.11 Å². The van der Waals surface area contributed by atoms with Gasteiger partial charge in [-0.3, -0.25) is 4.79 Å². The Bertz CT molecular complexity index is 627. The van der Waals surface area contributed by atoms with Gasteiger partial charge in [0.1, 0.15) is 0 Å². The van der Waals surface area contributed by atoms with E-state index in [2.05, 4.69) is 5.32 Å². The fourth-order valence-corrected chi connectivity index (χ4v) is 1.88. The van der Waals surface area contributed by atoms with E-state index < -0.39 is 11.6 Å². The van der Waals surface area contributed by atoms with Gasteiger partial charge in [-0.2, -0.15) is 0 Å². The number of carbonyl (C=O) groups is 1. The van der Waals surface area contributed by atoms with Crippen LogP contribution in [-0.4, -0.2) is 11.0 Å². The molecule has 0 atom stereocenters. The molecule has 0 saturated carbocycles. The van der Waals surface area contributed by atoms with Crippen molar-refractivity contribution in [3.8, 4) is 0 Å². The number of halogens is 2. The third kappa shape index (κ3) is 4.10. The van der Waals surface area contributed by atoms with Gasteiger partial charge in [-0.15, -0.1) is 0 Å². The lowest BCUT2D eigenvalue weighted by Gasteiger charge is -2.07. The molecule has 0 fully saturated rings. The van der Waals surface area contributed by atoms with Crippen LogP contribution in [0.3, 0.4) is 0 Å². The first-order chi connectivity index (χ1) is 10.1. The second-order valence-corrected chi connectivity index (χ2v) is 4.64. The molecular formula is C16H15F2NO2. The van der Waals surface area contributed by atoms with Crippen molar-refractivity contribution in [3.63, 3.8) is 0 Å². The summed E-state index contributed by atoms with van der Waals surface area (Å²) >= 11 is 0. The highest BCUT2D eigenvalue weighted by Gasteiger charge is 2.11. The number of benzene rings is 2. The van der Waals surface area contributed by atoms with Crippen LogP contribution in [0.2, 0.25) is 0 Å². The summed E-state index contributed by atoms with van der Waals surface area (Å²) in [7, 11) is 0. The maximum atomic E-state index is 13.4. The zero-order valence-electron chi connectivity index (χ0n) is 11.3. The fourth-order valence-electron chi connectivity index (χ4n) is 1.88. The van der Waals surface area contributed by atoms with Gasteiger partial charge >= 0.3 is 0 Å². The quantitative estimate of drug-likeness (QED) is 0.888. The SMILES string of the molecule is O=C(Cc1cccc(F)c1F)NCc1ccc(CO)cc1. The maximum absolute atomic E-state index is 13.4. The highest BCUT2D eigenvalue weighted by molar-refractivity contribution is 5.78. The summed E-state index contributed by atoms with van der Waals surface area (Å²) in [5, 5.41) is 11.6. The highest BCUT2D eigenvalue weighted by Crippen LogP contribution is 2.12. The first-order valence-electron chi connectivity index (χ1n) is 6.48. The van der Waals surface area contributed by atoms with Crippen LogP contribution in [-0.2, 0) is 24.4 Å². The van der Waals surface area contributed by atoms with Gasteiger partial charge in [-0.05, 0) is 17.2 Å². The summed E-state index contributed by atoms with van der Waals surface area (Å²) in [6.07, 6.45) is -0.210. The van der Waals surface area contributed by atoms with E-state index >= 15 is 0 Å². The summed E-state index contributed by atoms with van der Waals surface area (Å²) in [5.74, 6) is -2.33. The first kappa shape index (κ1) is 15.1. The average Bonchev–Trinajstić information content (AvgIpc) is 2.50. The minimum Gasteiger partial charge on any atom is -0.392 e. The van der Waals surface area contributed by atoms with Crippen molar-refractivity contribution in [3.05, 3.63) is 70.8 Å². The standard InChI is InChI=1S/C16H15F2NO2/c17-14-3-1-2-13(16(14)18)8-15(21)19-9-11-4-6-12(10-20)7-5-11/h1-7,20H,8-10H2,(H,19,21). The van der Waals surface area contributed by atoms with E-state index in [1.807, 2.05) is 0 Å². The molecule has 2 rings (SSSR count). The van der Waals surface area contributed by atoms with Crippen LogP contribution >= 0.6 is 0 Å². The molecule has 0 aliphatic carbocycles. The number of rotatable bonds is 5. The lowest BCUT2D eigenvalue weighted by molar-refractivity contribution is -0.120. The first-order valence-corrected chi connectivity index (χ1v) is 6.48. The van der Waals surface area contributed by atoms with Gasteiger partial charge in [-0.1, -0.05) is 36.4 Å². The van der Waals surface area contributed by atoms with Crippen LogP contribution < -0.4 is 5.32 Å². The number of aliphatic hydroxyl groups excluding tert-OH is 1. The van der Waals surface area contributed by atoms with Gasteiger partial charge in [0.05, 0.1) is 13.0 Å². The van der Waals surface area contributed by atoms with Gasteiger partial charge in [-0.25, -0.2) is 8.78 Å². The molecule has 0 aliphatic rings. The van der Waals surface area contributed by atoms with Crippen LogP contribution in [0.25, 0.3) is 0 Å². The molecule has 21 heavy (non-hydrogen) atoms. The van der Waals surface area contributed by atoms with E-state index in [1.165, 1.54) is 12.1 Å². The Labute approximate surface area is 121 Å². The molecule has 0 spiro atoms. The summed E-state index contributed by atoms with van der Waals surface area (Å²) < 4.78 is 26.5. The molecule has 0 unspecified atom stereocenters. The lowest BCUT2D eigenvalue weighted by atomic mass is 10.1. The average molecular weight is 291 g/mol.